The molecule has 2 aliphatic heterocycles. The second-order valence-electron chi connectivity index (χ2n) is 2.79. The zero-order valence-electron chi connectivity index (χ0n) is 5.47. The minimum atomic E-state index is -0.500. The molecule has 2 bridgehead atoms. The van der Waals surface area contributed by atoms with Crippen molar-refractivity contribution in [3.05, 3.63) is 12.2 Å². The molecule has 0 aliphatic carbocycles. The van der Waals surface area contributed by atoms with Crippen LogP contribution in [0.1, 0.15) is 0 Å². The number of ether oxygens (including phenoxy) is 1. The molecule has 0 amide bonds. The van der Waals surface area contributed by atoms with E-state index < -0.39 is 6.10 Å². The third kappa shape index (κ3) is 0.653. The molecule has 0 aromatic heterocycles. The lowest BCUT2D eigenvalue weighted by molar-refractivity contribution is 0.0651. The van der Waals surface area contributed by atoms with Gasteiger partial charge in [0.25, 0.3) is 0 Å². The van der Waals surface area contributed by atoms with Gasteiger partial charge in [0.2, 0.25) is 0 Å². The lowest BCUT2D eigenvalue weighted by Crippen LogP contribution is -2.31. The molecule has 0 radical (unpaired) electrons. The molecule has 3 nitrogen and oxygen atoms in total. The van der Waals surface area contributed by atoms with E-state index in [0.717, 1.165) is 0 Å². The highest BCUT2D eigenvalue weighted by Gasteiger charge is 2.44. The van der Waals surface area contributed by atoms with Crippen LogP contribution >= 0.6 is 0 Å². The standard InChI is InChI=1S/C7H10O3/c8-3-4-5-1-2-6(10-5)7(4)9/h1-2,4-9H,3H2. The molecule has 0 aromatic rings. The number of aliphatic hydroxyl groups excluding tert-OH is 2. The van der Waals surface area contributed by atoms with Crippen LogP contribution in [0.25, 0.3) is 0 Å². The van der Waals surface area contributed by atoms with Crippen LogP contribution in [0.15, 0.2) is 12.2 Å². The fourth-order valence-corrected chi connectivity index (χ4v) is 1.58. The average Bonchev–Trinajstić information content (AvgIpc) is 2.46. The molecule has 4 atom stereocenters. The van der Waals surface area contributed by atoms with Crippen LogP contribution in [0.2, 0.25) is 0 Å². The molecule has 56 valence electrons. The van der Waals surface area contributed by atoms with Crippen LogP contribution < -0.4 is 0 Å². The molecular weight excluding hydrogens is 132 g/mol. The van der Waals surface area contributed by atoms with E-state index in [1.807, 2.05) is 12.2 Å². The van der Waals surface area contributed by atoms with Crippen molar-refractivity contribution in [1.82, 2.24) is 0 Å². The van der Waals surface area contributed by atoms with Gasteiger partial charge in [-0.05, 0) is 0 Å². The zero-order valence-corrected chi connectivity index (χ0v) is 5.47. The minimum absolute atomic E-state index is 0.00662. The molecule has 3 heteroatoms. The molecular formula is C7H10O3. The predicted octanol–water partition coefficient (Wildman–Crippen LogP) is -0.707. The van der Waals surface area contributed by atoms with Gasteiger partial charge in [0.15, 0.2) is 0 Å². The van der Waals surface area contributed by atoms with Crippen molar-refractivity contribution in [1.29, 1.82) is 0 Å². The summed E-state index contributed by atoms with van der Waals surface area (Å²) in [4.78, 5) is 0. The number of hydrogen-bond acceptors (Lipinski definition) is 3. The Morgan fingerprint density at radius 3 is 2.40 bits per heavy atom. The first-order valence-corrected chi connectivity index (χ1v) is 3.45. The predicted molar refractivity (Wildman–Crippen MR) is 34.4 cm³/mol. The van der Waals surface area contributed by atoms with Crippen molar-refractivity contribution >= 4 is 0 Å². The van der Waals surface area contributed by atoms with Crippen molar-refractivity contribution < 1.29 is 14.9 Å². The molecule has 1 fully saturated rings. The van der Waals surface area contributed by atoms with Crippen molar-refractivity contribution in [2.45, 2.75) is 18.3 Å². The monoisotopic (exact) mass is 142 g/mol. The van der Waals surface area contributed by atoms with Gasteiger partial charge < -0.3 is 14.9 Å². The summed E-state index contributed by atoms with van der Waals surface area (Å²) in [5.41, 5.74) is 0. The van der Waals surface area contributed by atoms with Crippen LogP contribution in [-0.4, -0.2) is 35.1 Å². The topological polar surface area (TPSA) is 49.7 Å². The van der Waals surface area contributed by atoms with E-state index in [2.05, 4.69) is 0 Å². The van der Waals surface area contributed by atoms with Crippen molar-refractivity contribution in [2.75, 3.05) is 6.61 Å². The Bertz CT molecular complexity index is 166. The van der Waals surface area contributed by atoms with Gasteiger partial charge in [-0.1, -0.05) is 12.2 Å². The molecule has 10 heavy (non-hydrogen) atoms. The third-order valence-electron chi connectivity index (χ3n) is 2.21. The lowest BCUT2D eigenvalue weighted by atomic mass is 9.92. The SMILES string of the molecule is OCC1C2C=CC(O2)C1O. The minimum Gasteiger partial charge on any atom is -0.396 e. The fourth-order valence-electron chi connectivity index (χ4n) is 1.58. The van der Waals surface area contributed by atoms with Crippen molar-refractivity contribution in [3.63, 3.8) is 0 Å². The van der Waals surface area contributed by atoms with Crippen LogP contribution in [0, 0.1) is 5.92 Å². The van der Waals surface area contributed by atoms with E-state index in [1.165, 1.54) is 0 Å². The first-order valence-electron chi connectivity index (χ1n) is 3.45. The molecule has 1 saturated heterocycles. The highest BCUT2D eigenvalue weighted by atomic mass is 16.5. The molecule has 2 N–H and O–H groups in total. The second-order valence-corrected chi connectivity index (χ2v) is 2.79. The summed E-state index contributed by atoms with van der Waals surface area (Å²) in [5, 5.41) is 18.1. The van der Waals surface area contributed by atoms with Gasteiger partial charge in [-0.3, -0.25) is 0 Å². The number of rotatable bonds is 1. The number of hydrogen-bond donors (Lipinski definition) is 2. The van der Waals surface area contributed by atoms with E-state index in [4.69, 9.17) is 9.84 Å². The average molecular weight is 142 g/mol. The van der Waals surface area contributed by atoms with Gasteiger partial charge in [-0.2, -0.15) is 0 Å². The maximum Gasteiger partial charge on any atom is 0.103 e. The largest absolute Gasteiger partial charge is 0.396 e. The van der Waals surface area contributed by atoms with Crippen LogP contribution in [0.3, 0.4) is 0 Å². The zero-order chi connectivity index (χ0) is 7.14. The van der Waals surface area contributed by atoms with Gasteiger partial charge in [-0.15, -0.1) is 0 Å². The summed E-state index contributed by atoms with van der Waals surface area (Å²) in [6, 6.07) is 0. The van der Waals surface area contributed by atoms with Crippen LogP contribution in [0.4, 0.5) is 0 Å². The molecule has 4 unspecified atom stereocenters. The molecule has 2 heterocycles. The Morgan fingerprint density at radius 2 is 2.00 bits per heavy atom. The van der Waals surface area contributed by atoms with Gasteiger partial charge in [-0.25, -0.2) is 0 Å². The molecule has 2 rings (SSSR count). The van der Waals surface area contributed by atoms with E-state index in [0.29, 0.717) is 0 Å². The highest BCUT2D eigenvalue weighted by Crippen LogP contribution is 2.33. The molecule has 0 spiro atoms. The van der Waals surface area contributed by atoms with E-state index in [1.54, 1.807) is 0 Å². The summed E-state index contributed by atoms with van der Waals surface area (Å²) in [6.07, 6.45) is 3.03. The van der Waals surface area contributed by atoms with E-state index in [-0.39, 0.29) is 24.7 Å². The smallest absolute Gasteiger partial charge is 0.103 e. The summed E-state index contributed by atoms with van der Waals surface area (Å²) >= 11 is 0. The van der Waals surface area contributed by atoms with E-state index >= 15 is 0 Å². The maximum absolute atomic E-state index is 9.34. The number of fused-ring (bicyclic) bond motifs is 2. The summed E-state index contributed by atoms with van der Waals surface area (Å²) in [7, 11) is 0. The van der Waals surface area contributed by atoms with Crippen LogP contribution in [0.5, 0.6) is 0 Å². The van der Waals surface area contributed by atoms with Crippen molar-refractivity contribution in [3.8, 4) is 0 Å². The summed E-state index contributed by atoms with van der Waals surface area (Å²) in [6.45, 7) is 0.00662. The van der Waals surface area contributed by atoms with Gasteiger partial charge >= 0.3 is 0 Å². The lowest BCUT2D eigenvalue weighted by Gasteiger charge is -2.17. The Morgan fingerprint density at radius 1 is 1.30 bits per heavy atom. The normalized spacial score (nSPS) is 50.6. The highest BCUT2D eigenvalue weighted by molar-refractivity contribution is 5.14. The Labute approximate surface area is 58.9 Å². The van der Waals surface area contributed by atoms with Crippen molar-refractivity contribution in [2.24, 2.45) is 5.92 Å². The second kappa shape index (κ2) is 2.05. The fraction of sp³-hybridized carbons (Fsp3) is 0.714. The van der Waals surface area contributed by atoms with Crippen LogP contribution in [-0.2, 0) is 4.74 Å². The third-order valence-corrected chi connectivity index (χ3v) is 2.21. The van der Waals surface area contributed by atoms with Gasteiger partial charge in [0.1, 0.15) is 6.10 Å². The summed E-state index contributed by atoms with van der Waals surface area (Å²) in [5.74, 6) is -0.102. The van der Waals surface area contributed by atoms with Gasteiger partial charge in [0, 0.05) is 5.92 Å². The Kier molecular flexibility index (Phi) is 1.30. The number of aliphatic hydroxyl groups is 2. The Balaban J connectivity index is 2.18. The first-order chi connectivity index (χ1) is 4.83. The van der Waals surface area contributed by atoms with Gasteiger partial charge in [0.05, 0.1) is 18.8 Å². The summed E-state index contributed by atoms with van der Waals surface area (Å²) < 4.78 is 5.27. The first kappa shape index (κ1) is 6.34. The van der Waals surface area contributed by atoms with E-state index in [9.17, 15) is 5.11 Å². The quantitative estimate of drug-likeness (QED) is 0.476. The molecule has 2 aliphatic rings. The molecule has 0 saturated carbocycles. The maximum atomic E-state index is 9.34. The molecule has 0 aromatic carbocycles. The Hall–Kier alpha value is -0.380.